The molecule has 30 heavy (non-hydrogen) atoms. The second kappa shape index (κ2) is 10.2. The van der Waals surface area contributed by atoms with Crippen molar-refractivity contribution in [3.8, 4) is 0 Å². The average Bonchev–Trinajstić information content (AvgIpc) is 2.76. The summed E-state index contributed by atoms with van der Waals surface area (Å²) in [5.41, 5.74) is 5.85. The number of nitro groups is 1. The zero-order valence-electron chi connectivity index (χ0n) is 16.6. The number of hydrogen-bond acceptors (Lipinski definition) is 7. The van der Waals surface area contributed by atoms with Crippen LogP contribution in [0.15, 0.2) is 30.5 Å². The molecule has 2 aromatic rings. The Morgan fingerprint density at radius 2 is 1.87 bits per heavy atom. The molecule has 8 nitrogen and oxygen atoms in total. The zero-order chi connectivity index (χ0) is 21.5. The number of hydrogen-bond donors (Lipinski definition) is 3. The summed E-state index contributed by atoms with van der Waals surface area (Å²) in [6.07, 6.45) is 2.69. The van der Waals surface area contributed by atoms with Crippen molar-refractivity contribution in [2.75, 3.05) is 23.7 Å². The Labute approximate surface area is 173 Å². The third-order valence-electron chi connectivity index (χ3n) is 5.55. The molecule has 162 valence electrons. The maximum Gasteiger partial charge on any atom is 0.329 e. The Balaban J connectivity index is 1.66. The van der Waals surface area contributed by atoms with Crippen LogP contribution in [0, 0.1) is 22.0 Å². The average molecular weight is 420 g/mol. The molecule has 10 heteroatoms. The van der Waals surface area contributed by atoms with Gasteiger partial charge in [0.25, 0.3) is 6.43 Å². The SMILES string of the molecule is NCC1CCC(CNc2nc(NCc3ccccc3C(F)F)ncc2[N+](=O)[O-])CC1. The first-order chi connectivity index (χ1) is 14.5. The molecule has 3 rings (SSSR count). The van der Waals surface area contributed by atoms with Gasteiger partial charge in [0.2, 0.25) is 11.8 Å². The van der Waals surface area contributed by atoms with Gasteiger partial charge >= 0.3 is 5.69 Å². The summed E-state index contributed by atoms with van der Waals surface area (Å²) in [7, 11) is 0. The Morgan fingerprint density at radius 3 is 2.53 bits per heavy atom. The van der Waals surface area contributed by atoms with Crippen molar-refractivity contribution in [2.24, 2.45) is 17.6 Å². The highest BCUT2D eigenvalue weighted by Crippen LogP contribution is 2.30. The standard InChI is InChI=1S/C20H26F2N6O2/c21-18(22)16-4-2-1-3-15(16)11-25-20-26-12-17(28(29)30)19(27-20)24-10-14-7-5-13(9-23)6-8-14/h1-4,12-14,18H,5-11,23H2,(H2,24,25,26,27). The summed E-state index contributed by atoms with van der Waals surface area (Å²) < 4.78 is 26.3. The van der Waals surface area contributed by atoms with Crippen molar-refractivity contribution < 1.29 is 13.7 Å². The van der Waals surface area contributed by atoms with Crippen LogP contribution in [0.2, 0.25) is 0 Å². The quantitative estimate of drug-likeness (QED) is 0.412. The highest BCUT2D eigenvalue weighted by Gasteiger charge is 2.23. The van der Waals surface area contributed by atoms with Crippen LogP contribution in [-0.4, -0.2) is 28.0 Å². The minimum Gasteiger partial charge on any atom is -0.364 e. The lowest BCUT2D eigenvalue weighted by molar-refractivity contribution is -0.384. The number of aromatic nitrogens is 2. The lowest BCUT2D eigenvalue weighted by atomic mass is 9.82. The predicted molar refractivity (Wildman–Crippen MR) is 110 cm³/mol. The van der Waals surface area contributed by atoms with Crippen molar-refractivity contribution in [3.63, 3.8) is 0 Å². The van der Waals surface area contributed by atoms with E-state index in [1.54, 1.807) is 18.2 Å². The molecule has 0 radical (unpaired) electrons. The van der Waals surface area contributed by atoms with Gasteiger partial charge in [0, 0.05) is 18.7 Å². The van der Waals surface area contributed by atoms with Crippen LogP contribution in [0.5, 0.6) is 0 Å². The number of alkyl halides is 2. The maximum atomic E-state index is 13.1. The van der Waals surface area contributed by atoms with Crippen LogP contribution in [0.25, 0.3) is 0 Å². The minimum atomic E-state index is -2.59. The maximum absolute atomic E-state index is 13.1. The van der Waals surface area contributed by atoms with Gasteiger partial charge in [-0.1, -0.05) is 24.3 Å². The molecule has 0 aliphatic heterocycles. The summed E-state index contributed by atoms with van der Waals surface area (Å²) >= 11 is 0. The summed E-state index contributed by atoms with van der Waals surface area (Å²) in [5.74, 6) is 1.22. The molecule has 0 bridgehead atoms. The van der Waals surface area contributed by atoms with E-state index in [2.05, 4.69) is 20.6 Å². The van der Waals surface area contributed by atoms with Gasteiger partial charge in [-0.25, -0.2) is 13.8 Å². The highest BCUT2D eigenvalue weighted by atomic mass is 19.3. The first-order valence-corrected chi connectivity index (χ1v) is 10.0. The third-order valence-corrected chi connectivity index (χ3v) is 5.55. The normalized spacial score (nSPS) is 18.9. The number of benzene rings is 1. The molecule has 1 fully saturated rings. The van der Waals surface area contributed by atoms with E-state index in [0.717, 1.165) is 31.9 Å². The zero-order valence-corrected chi connectivity index (χ0v) is 16.6. The van der Waals surface area contributed by atoms with Crippen molar-refractivity contribution in [1.82, 2.24) is 9.97 Å². The molecule has 0 spiro atoms. The van der Waals surface area contributed by atoms with Crippen LogP contribution in [0.4, 0.5) is 26.2 Å². The van der Waals surface area contributed by atoms with Gasteiger partial charge in [-0.15, -0.1) is 0 Å². The van der Waals surface area contributed by atoms with Crippen LogP contribution in [0.1, 0.15) is 43.2 Å². The van der Waals surface area contributed by atoms with Crippen molar-refractivity contribution in [1.29, 1.82) is 0 Å². The van der Waals surface area contributed by atoms with E-state index >= 15 is 0 Å². The third kappa shape index (κ3) is 5.59. The first-order valence-electron chi connectivity index (χ1n) is 10.0. The van der Waals surface area contributed by atoms with E-state index in [1.165, 1.54) is 6.07 Å². The fourth-order valence-electron chi connectivity index (χ4n) is 3.72. The smallest absolute Gasteiger partial charge is 0.329 e. The Hall–Kier alpha value is -2.88. The largest absolute Gasteiger partial charge is 0.364 e. The Kier molecular flexibility index (Phi) is 7.45. The van der Waals surface area contributed by atoms with Gasteiger partial charge in [-0.05, 0) is 49.6 Å². The van der Waals surface area contributed by atoms with Gasteiger partial charge in [0.05, 0.1) is 4.92 Å². The van der Waals surface area contributed by atoms with Crippen molar-refractivity contribution >= 4 is 17.5 Å². The lowest BCUT2D eigenvalue weighted by Gasteiger charge is -2.27. The second-order valence-electron chi connectivity index (χ2n) is 7.54. The second-order valence-corrected chi connectivity index (χ2v) is 7.54. The summed E-state index contributed by atoms with van der Waals surface area (Å²) in [5, 5.41) is 17.3. The van der Waals surface area contributed by atoms with Gasteiger partial charge in [-0.3, -0.25) is 10.1 Å². The fourth-order valence-corrected chi connectivity index (χ4v) is 3.72. The number of halogens is 2. The van der Waals surface area contributed by atoms with Crippen LogP contribution >= 0.6 is 0 Å². The predicted octanol–water partition coefficient (Wildman–Crippen LogP) is 4.11. The van der Waals surface area contributed by atoms with E-state index in [9.17, 15) is 18.9 Å². The van der Waals surface area contributed by atoms with Gasteiger partial charge in [0.1, 0.15) is 6.20 Å². The van der Waals surface area contributed by atoms with E-state index in [1.807, 2.05) is 0 Å². The van der Waals surface area contributed by atoms with Crippen molar-refractivity contribution in [3.05, 3.63) is 51.7 Å². The Morgan fingerprint density at radius 1 is 1.17 bits per heavy atom. The summed E-state index contributed by atoms with van der Waals surface area (Å²) in [6, 6.07) is 6.18. The van der Waals surface area contributed by atoms with Crippen LogP contribution in [-0.2, 0) is 6.54 Å². The van der Waals surface area contributed by atoms with Crippen molar-refractivity contribution in [2.45, 2.75) is 38.7 Å². The Bertz CT molecular complexity index is 859. The molecule has 1 aromatic carbocycles. The lowest BCUT2D eigenvalue weighted by Crippen LogP contribution is -2.25. The summed E-state index contributed by atoms with van der Waals surface area (Å²) in [4.78, 5) is 19.0. The number of anilines is 2. The molecule has 0 saturated heterocycles. The van der Waals surface area contributed by atoms with E-state index in [4.69, 9.17) is 5.73 Å². The summed E-state index contributed by atoms with van der Waals surface area (Å²) in [6.45, 7) is 1.35. The molecule has 1 saturated carbocycles. The number of nitrogens with one attached hydrogen (secondary N) is 2. The monoisotopic (exact) mass is 420 g/mol. The molecule has 0 unspecified atom stereocenters. The van der Waals surface area contributed by atoms with Crippen LogP contribution in [0.3, 0.4) is 0 Å². The van der Waals surface area contributed by atoms with E-state index in [0.29, 0.717) is 30.5 Å². The molecule has 1 aromatic heterocycles. The van der Waals surface area contributed by atoms with E-state index in [-0.39, 0.29) is 29.6 Å². The topological polar surface area (TPSA) is 119 Å². The van der Waals surface area contributed by atoms with Crippen LogP contribution < -0.4 is 16.4 Å². The molecular weight excluding hydrogens is 394 g/mol. The molecule has 0 atom stereocenters. The molecule has 1 heterocycles. The molecule has 4 N–H and O–H groups in total. The molecule has 1 aliphatic rings. The number of rotatable bonds is 9. The molecule has 1 aliphatic carbocycles. The minimum absolute atomic E-state index is 0.0710. The van der Waals surface area contributed by atoms with Gasteiger partial charge in [-0.2, -0.15) is 4.98 Å². The first kappa shape index (κ1) is 21.8. The van der Waals surface area contributed by atoms with E-state index < -0.39 is 11.3 Å². The van der Waals surface area contributed by atoms with Gasteiger partial charge in [0.15, 0.2) is 0 Å². The molecule has 0 amide bonds. The highest BCUT2D eigenvalue weighted by molar-refractivity contribution is 5.57. The molecular formula is C20H26F2N6O2. The number of nitrogens with two attached hydrogens (primary N) is 1. The number of nitrogens with zero attached hydrogens (tertiary/aromatic N) is 3. The fraction of sp³-hybridized carbons (Fsp3) is 0.500. The van der Waals surface area contributed by atoms with Gasteiger partial charge < -0.3 is 16.4 Å².